The topological polar surface area (TPSA) is 156 Å². The molecule has 1 saturated carbocycles. The fourth-order valence-electron chi connectivity index (χ4n) is 5.42. The van der Waals surface area contributed by atoms with Crippen molar-refractivity contribution in [3.63, 3.8) is 0 Å². The highest BCUT2D eigenvalue weighted by Crippen LogP contribution is 2.29. The summed E-state index contributed by atoms with van der Waals surface area (Å²) in [6.07, 6.45) is 6.10. The first-order valence-corrected chi connectivity index (χ1v) is 13.4. The van der Waals surface area contributed by atoms with Crippen LogP contribution in [0.1, 0.15) is 85.0 Å². The Hall–Kier alpha value is -1.84. The molecule has 2 aliphatic rings. The van der Waals surface area contributed by atoms with Crippen molar-refractivity contribution in [2.24, 2.45) is 29.2 Å². The van der Waals surface area contributed by atoms with Crippen molar-refractivity contribution >= 4 is 23.4 Å². The first-order chi connectivity index (χ1) is 16.6. The summed E-state index contributed by atoms with van der Waals surface area (Å²) in [6.45, 7) is 5.68. The van der Waals surface area contributed by atoms with Gasteiger partial charge in [0.05, 0.1) is 24.1 Å². The summed E-state index contributed by atoms with van der Waals surface area (Å²) in [5.41, 5.74) is 12.0. The molecule has 9 nitrogen and oxygen atoms in total. The molecule has 2 amide bonds. The van der Waals surface area contributed by atoms with Crippen molar-refractivity contribution < 1.29 is 24.3 Å². The van der Waals surface area contributed by atoms with Gasteiger partial charge >= 0.3 is 0 Å². The predicted molar refractivity (Wildman–Crippen MR) is 134 cm³/mol. The quantitative estimate of drug-likeness (QED) is 0.300. The Labute approximate surface area is 209 Å². The van der Waals surface area contributed by atoms with E-state index in [9.17, 15) is 24.3 Å². The molecule has 5 atom stereocenters. The molecule has 0 bridgehead atoms. The molecule has 6 N–H and O–H groups in total. The maximum Gasteiger partial charge on any atom is 0.226 e. The average Bonchev–Trinajstić information content (AvgIpc) is 3.32. The van der Waals surface area contributed by atoms with E-state index < -0.39 is 30.0 Å². The Morgan fingerprint density at radius 1 is 1.00 bits per heavy atom. The summed E-state index contributed by atoms with van der Waals surface area (Å²) in [7, 11) is 0. The third kappa shape index (κ3) is 8.36. The minimum absolute atomic E-state index is 0.109. The molecule has 35 heavy (non-hydrogen) atoms. The maximum atomic E-state index is 13.2. The molecule has 2 rings (SSSR count). The van der Waals surface area contributed by atoms with Crippen LogP contribution in [-0.2, 0) is 19.2 Å². The summed E-state index contributed by atoms with van der Waals surface area (Å²) in [4.78, 5) is 53.3. The van der Waals surface area contributed by atoms with Crippen LogP contribution in [0.2, 0.25) is 0 Å². The number of ketones is 2. The Morgan fingerprint density at radius 3 is 2.23 bits per heavy atom. The van der Waals surface area contributed by atoms with E-state index in [1.165, 1.54) is 13.3 Å². The van der Waals surface area contributed by atoms with Crippen molar-refractivity contribution in [3.8, 4) is 0 Å². The van der Waals surface area contributed by atoms with Crippen LogP contribution in [0.5, 0.6) is 0 Å². The second-order valence-electron chi connectivity index (χ2n) is 10.7. The standard InChI is InChI=1S/C26H46N4O5/c1-16(2)25(34)21(11-12-27)29-26(35)19(17(3)31)14-23(32)22-10-7-13-30(22)24(33)15-20(28)18-8-5-4-6-9-18/h16-22,31H,4-15,27-28H2,1-3H3,(H,29,35)/t17?,19-,20?,21-,22-/m0/s1. The Bertz CT molecular complexity index is 735. The van der Waals surface area contributed by atoms with Crippen LogP contribution >= 0.6 is 0 Å². The second-order valence-corrected chi connectivity index (χ2v) is 10.7. The van der Waals surface area contributed by atoms with Gasteiger partial charge in [-0.05, 0) is 51.5 Å². The molecule has 0 aromatic carbocycles. The molecule has 9 heteroatoms. The van der Waals surface area contributed by atoms with E-state index >= 15 is 0 Å². The molecule has 1 aliphatic heterocycles. The lowest BCUT2D eigenvalue weighted by atomic mass is 9.83. The molecule has 200 valence electrons. The summed E-state index contributed by atoms with van der Waals surface area (Å²) >= 11 is 0. The van der Waals surface area contributed by atoms with E-state index in [-0.39, 0.29) is 55.2 Å². The van der Waals surface area contributed by atoms with Gasteiger partial charge in [-0.25, -0.2) is 0 Å². The van der Waals surface area contributed by atoms with Crippen LogP contribution in [0.15, 0.2) is 0 Å². The number of Topliss-reactive ketones (excluding diaryl/α,β-unsaturated/α-hetero) is 2. The number of nitrogens with two attached hydrogens (primary N) is 2. The number of amides is 2. The van der Waals surface area contributed by atoms with Crippen LogP contribution in [-0.4, -0.2) is 70.7 Å². The smallest absolute Gasteiger partial charge is 0.226 e. The fraction of sp³-hybridized carbons (Fsp3) is 0.846. The number of nitrogens with zero attached hydrogens (tertiary/aromatic N) is 1. The molecule has 1 heterocycles. The van der Waals surface area contributed by atoms with Gasteiger partial charge in [0.2, 0.25) is 11.8 Å². The number of nitrogens with one attached hydrogen (secondary N) is 1. The van der Waals surface area contributed by atoms with Gasteiger partial charge in [-0.15, -0.1) is 0 Å². The maximum absolute atomic E-state index is 13.2. The van der Waals surface area contributed by atoms with Crippen LogP contribution in [0.25, 0.3) is 0 Å². The van der Waals surface area contributed by atoms with Gasteiger partial charge in [-0.3, -0.25) is 19.2 Å². The van der Waals surface area contributed by atoms with Crippen LogP contribution in [0, 0.1) is 17.8 Å². The molecule has 0 spiro atoms. The molecule has 0 aromatic rings. The van der Waals surface area contributed by atoms with E-state index in [1.54, 1.807) is 18.7 Å². The van der Waals surface area contributed by atoms with E-state index in [4.69, 9.17) is 11.5 Å². The number of hydrogen-bond donors (Lipinski definition) is 4. The van der Waals surface area contributed by atoms with Crippen LogP contribution in [0.3, 0.4) is 0 Å². The minimum Gasteiger partial charge on any atom is -0.393 e. The highest BCUT2D eigenvalue weighted by Gasteiger charge is 2.38. The number of carbonyl (C=O) groups is 4. The monoisotopic (exact) mass is 494 g/mol. The fourth-order valence-corrected chi connectivity index (χ4v) is 5.42. The first-order valence-electron chi connectivity index (χ1n) is 13.4. The lowest BCUT2D eigenvalue weighted by molar-refractivity contribution is -0.140. The third-order valence-electron chi connectivity index (χ3n) is 7.63. The van der Waals surface area contributed by atoms with Gasteiger partial charge < -0.3 is 26.8 Å². The predicted octanol–water partition coefficient (Wildman–Crippen LogP) is 1.29. The van der Waals surface area contributed by atoms with E-state index in [1.807, 2.05) is 0 Å². The zero-order chi connectivity index (χ0) is 26.1. The first kappa shape index (κ1) is 29.4. The van der Waals surface area contributed by atoms with Gasteiger partial charge in [0, 0.05) is 31.3 Å². The lowest BCUT2D eigenvalue weighted by Gasteiger charge is -2.30. The van der Waals surface area contributed by atoms with Crippen molar-refractivity contribution in [1.29, 1.82) is 0 Å². The number of aliphatic hydroxyl groups is 1. The van der Waals surface area contributed by atoms with E-state index in [0.717, 1.165) is 25.7 Å². The molecule has 2 unspecified atom stereocenters. The molecular weight excluding hydrogens is 448 g/mol. The number of aliphatic hydroxyl groups excluding tert-OH is 1. The second kappa shape index (κ2) is 14.0. The van der Waals surface area contributed by atoms with Gasteiger partial charge in [0.15, 0.2) is 11.6 Å². The molecule has 1 saturated heterocycles. The molecule has 2 fully saturated rings. The van der Waals surface area contributed by atoms with Gasteiger partial charge in [0.25, 0.3) is 0 Å². The van der Waals surface area contributed by atoms with E-state index in [0.29, 0.717) is 25.3 Å². The SMILES string of the molecule is CC(C)C(=O)[C@H](CCN)NC(=O)[C@@H](CC(=O)[C@@H]1CCCN1C(=O)CC(N)C1CCCCC1)C(C)O. The number of hydrogen-bond acceptors (Lipinski definition) is 7. The average molecular weight is 495 g/mol. The Balaban J connectivity index is 2.01. The Kier molecular flexibility index (Phi) is 11.8. The van der Waals surface area contributed by atoms with Crippen molar-refractivity contribution in [2.75, 3.05) is 13.1 Å². The highest BCUT2D eigenvalue weighted by atomic mass is 16.3. The Morgan fingerprint density at radius 2 is 1.66 bits per heavy atom. The normalized spacial score (nSPS) is 22.5. The summed E-state index contributed by atoms with van der Waals surface area (Å²) in [6, 6.07) is -1.56. The number of carbonyl (C=O) groups excluding carboxylic acids is 4. The minimum atomic E-state index is -1.09. The van der Waals surface area contributed by atoms with Gasteiger partial charge in [0.1, 0.15) is 0 Å². The van der Waals surface area contributed by atoms with Crippen molar-refractivity contribution in [2.45, 2.75) is 109 Å². The molecule has 0 aromatic heterocycles. The summed E-state index contributed by atoms with van der Waals surface area (Å²) < 4.78 is 0. The number of rotatable bonds is 13. The van der Waals surface area contributed by atoms with Crippen LogP contribution < -0.4 is 16.8 Å². The lowest BCUT2D eigenvalue weighted by Crippen LogP contribution is -2.49. The zero-order valence-corrected chi connectivity index (χ0v) is 21.7. The van der Waals surface area contributed by atoms with Gasteiger partial charge in [-0.2, -0.15) is 0 Å². The molecule has 0 radical (unpaired) electrons. The van der Waals surface area contributed by atoms with Crippen molar-refractivity contribution in [3.05, 3.63) is 0 Å². The highest BCUT2D eigenvalue weighted by molar-refractivity contribution is 5.95. The summed E-state index contributed by atoms with van der Waals surface area (Å²) in [5.74, 6) is -1.97. The summed E-state index contributed by atoms with van der Waals surface area (Å²) in [5, 5.41) is 13.0. The molecule has 1 aliphatic carbocycles. The van der Waals surface area contributed by atoms with Crippen LogP contribution in [0.4, 0.5) is 0 Å². The van der Waals surface area contributed by atoms with Gasteiger partial charge in [-0.1, -0.05) is 33.1 Å². The zero-order valence-electron chi connectivity index (χ0n) is 21.7. The largest absolute Gasteiger partial charge is 0.393 e. The van der Waals surface area contributed by atoms with E-state index in [2.05, 4.69) is 5.32 Å². The number of likely N-dealkylation sites (tertiary alicyclic amines) is 1. The third-order valence-corrected chi connectivity index (χ3v) is 7.63. The molecular formula is C26H46N4O5. The van der Waals surface area contributed by atoms with Crippen molar-refractivity contribution in [1.82, 2.24) is 10.2 Å².